The summed E-state index contributed by atoms with van der Waals surface area (Å²) >= 11 is 11.9. The molecule has 0 atom stereocenters. The lowest BCUT2D eigenvalue weighted by Gasteiger charge is -2.13. The van der Waals surface area contributed by atoms with Crippen LogP contribution in [0, 0.1) is 25.2 Å². The number of aromatic nitrogens is 1. The van der Waals surface area contributed by atoms with Crippen molar-refractivity contribution in [3.63, 3.8) is 0 Å². The SMILES string of the molecule is COCCCn1c(C)c(C)c(C#N)c1NC(=O)COc1cc(Cl)ccc1Cl. The minimum Gasteiger partial charge on any atom is -0.482 e. The number of halogens is 2. The third-order valence-electron chi connectivity index (χ3n) is 4.18. The largest absolute Gasteiger partial charge is 0.482 e. The van der Waals surface area contributed by atoms with E-state index in [4.69, 9.17) is 32.7 Å². The van der Waals surface area contributed by atoms with Gasteiger partial charge in [0, 0.05) is 37.0 Å². The van der Waals surface area contributed by atoms with Gasteiger partial charge in [0.2, 0.25) is 0 Å². The number of hydrogen-bond donors (Lipinski definition) is 1. The van der Waals surface area contributed by atoms with E-state index in [1.807, 2.05) is 18.4 Å². The van der Waals surface area contributed by atoms with Gasteiger partial charge in [0.15, 0.2) is 6.61 Å². The summed E-state index contributed by atoms with van der Waals surface area (Å²) in [5.41, 5.74) is 2.21. The van der Waals surface area contributed by atoms with E-state index < -0.39 is 5.91 Å². The Bertz CT molecular complexity index is 872. The molecule has 1 aromatic heterocycles. The first-order valence-electron chi connectivity index (χ1n) is 8.35. The highest BCUT2D eigenvalue weighted by Crippen LogP contribution is 2.28. The second kappa shape index (κ2) is 9.65. The number of rotatable bonds is 8. The molecule has 0 unspecified atom stereocenters. The highest BCUT2D eigenvalue weighted by Gasteiger charge is 2.19. The van der Waals surface area contributed by atoms with Crippen LogP contribution >= 0.6 is 23.2 Å². The third kappa shape index (κ3) is 5.16. The molecule has 144 valence electrons. The van der Waals surface area contributed by atoms with Gasteiger partial charge in [-0.25, -0.2) is 0 Å². The quantitative estimate of drug-likeness (QED) is 0.657. The van der Waals surface area contributed by atoms with Gasteiger partial charge in [0.05, 0.1) is 10.6 Å². The summed E-state index contributed by atoms with van der Waals surface area (Å²) in [5, 5.41) is 13.1. The van der Waals surface area contributed by atoms with Gasteiger partial charge in [-0.15, -0.1) is 0 Å². The van der Waals surface area contributed by atoms with Crippen molar-refractivity contribution in [1.82, 2.24) is 4.57 Å². The fourth-order valence-electron chi connectivity index (χ4n) is 2.68. The molecule has 8 heteroatoms. The lowest BCUT2D eigenvalue weighted by Crippen LogP contribution is -2.23. The molecule has 27 heavy (non-hydrogen) atoms. The molecule has 1 heterocycles. The summed E-state index contributed by atoms with van der Waals surface area (Å²) in [6, 6.07) is 6.94. The van der Waals surface area contributed by atoms with Crippen LogP contribution in [0.3, 0.4) is 0 Å². The lowest BCUT2D eigenvalue weighted by atomic mass is 10.2. The van der Waals surface area contributed by atoms with Gasteiger partial charge in [0.25, 0.3) is 5.91 Å². The Morgan fingerprint density at radius 3 is 2.74 bits per heavy atom. The fourth-order valence-corrected chi connectivity index (χ4v) is 3.01. The standard InChI is InChI=1S/C19H21Cl2N3O3/c1-12-13(2)24(7-4-8-26-3)19(15(12)10-22)23-18(25)11-27-17-9-14(20)5-6-16(17)21/h5-6,9H,4,7-8,11H2,1-3H3,(H,23,25). The topological polar surface area (TPSA) is 76.3 Å². The molecule has 0 saturated heterocycles. The highest BCUT2D eigenvalue weighted by atomic mass is 35.5. The molecule has 1 amide bonds. The van der Waals surface area contributed by atoms with Crippen molar-refractivity contribution in [2.45, 2.75) is 26.8 Å². The summed E-state index contributed by atoms with van der Waals surface area (Å²) in [6.45, 7) is 4.73. The van der Waals surface area contributed by atoms with Crippen LogP contribution in [0.25, 0.3) is 0 Å². The van der Waals surface area contributed by atoms with Gasteiger partial charge in [-0.05, 0) is 38.0 Å². The van der Waals surface area contributed by atoms with Crippen molar-refractivity contribution in [2.75, 3.05) is 25.6 Å². The number of carbonyl (C=O) groups excluding carboxylic acids is 1. The van der Waals surface area contributed by atoms with E-state index >= 15 is 0 Å². The molecule has 2 aromatic rings. The van der Waals surface area contributed by atoms with Gasteiger partial charge >= 0.3 is 0 Å². The second-order valence-corrected chi connectivity index (χ2v) is 6.80. The smallest absolute Gasteiger partial charge is 0.263 e. The third-order valence-corrected chi connectivity index (χ3v) is 4.73. The van der Waals surface area contributed by atoms with Gasteiger partial charge in [-0.3, -0.25) is 4.79 Å². The minimum absolute atomic E-state index is 0.258. The molecule has 0 aliphatic carbocycles. The van der Waals surface area contributed by atoms with Crippen molar-refractivity contribution in [3.8, 4) is 11.8 Å². The molecule has 1 aromatic carbocycles. The number of nitrogens with zero attached hydrogens (tertiary/aromatic N) is 2. The Balaban J connectivity index is 2.15. The number of nitrogens with one attached hydrogen (secondary N) is 1. The first kappa shape index (κ1) is 21.1. The van der Waals surface area contributed by atoms with E-state index in [9.17, 15) is 10.1 Å². The Kier molecular flexibility index (Phi) is 7.55. The van der Waals surface area contributed by atoms with Gasteiger partial charge in [-0.1, -0.05) is 23.2 Å². The van der Waals surface area contributed by atoms with Crippen LogP contribution in [0.4, 0.5) is 5.82 Å². The van der Waals surface area contributed by atoms with E-state index in [2.05, 4.69) is 11.4 Å². The number of hydrogen-bond acceptors (Lipinski definition) is 4. The molecule has 6 nitrogen and oxygen atoms in total. The monoisotopic (exact) mass is 409 g/mol. The average Bonchev–Trinajstić information content (AvgIpc) is 2.86. The van der Waals surface area contributed by atoms with Crippen molar-refractivity contribution >= 4 is 34.9 Å². The van der Waals surface area contributed by atoms with Gasteiger partial charge in [0.1, 0.15) is 17.6 Å². The van der Waals surface area contributed by atoms with E-state index in [0.29, 0.717) is 40.3 Å². The average molecular weight is 410 g/mol. The molecule has 0 aliphatic heterocycles. The highest BCUT2D eigenvalue weighted by molar-refractivity contribution is 6.34. The molecule has 1 N–H and O–H groups in total. The van der Waals surface area contributed by atoms with Crippen molar-refractivity contribution < 1.29 is 14.3 Å². The van der Waals surface area contributed by atoms with Crippen molar-refractivity contribution in [3.05, 3.63) is 45.1 Å². The molecule has 0 radical (unpaired) electrons. The zero-order chi connectivity index (χ0) is 20.0. The predicted octanol–water partition coefficient (Wildman–Crippen LogP) is 4.34. The van der Waals surface area contributed by atoms with Crippen molar-refractivity contribution in [1.29, 1.82) is 5.26 Å². The van der Waals surface area contributed by atoms with Crippen molar-refractivity contribution in [2.24, 2.45) is 0 Å². The summed E-state index contributed by atoms with van der Waals surface area (Å²) in [4.78, 5) is 12.4. The first-order chi connectivity index (χ1) is 12.9. The minimum atomic E-state index is -0.395. The van der Waals surface area contributed by atoms with Crippen LogP contribution in [0.15, 0.2) is 18.2 Å². The Morgan fingerprint density at radius 1 is 1.33 bits per heavy atom. The van der Waals surface area contributed by atoms with Crippen LogP contribution in [0.5, 0.6) is 5.75 Å². The zero-order valence-electron chi connectivity index (χ0n) is 15.4. The van der Waals surface area contributed by atoms with E-state index in [-0.39, 0.29) is 6.61 Å². The van der Waals surface area contributed by atoms with Crippen LogP contribution < -0.4 is 10.1 Å². The summed E-state index contributed by atoms with van der Waals surface area (Å²) in [6.07, 6.45) is 0.758. The molecule has 0 fully saturated rings. The second-order valence-electron chi connectivity index (χ2n) is 5.96. The summed E-state index contributed by atoms with van der Waals surface area (Å²) in [5.74, 6) is 0.394. The maximum atomic E-state index is 12.4. The fraction of sp³-hybridized carbons (Fsp3) is 0.368. The van der Waals surface area contributed by atoms with Crippen LogP contribution in [0.1, 0.15) is 23.2 Å². The maximum Gasteiger partial charge on any atom is 0.263 e. The Labute approximate surface area is 168 Å². The number of amides is 1. The number of anilines is 1. The number of benzene rings is 1. The summed E-state index contributed by atoms with van der Waals surface area (Å²) < 4.78 is 12.5. The Hall–Kier alpha value is -2.20. The molecule has 0 spiro atoms. The molecule has 0 aliphatic rings. The number of nitriles is 1. The predicted molar refractivity (Wildman–Crippen MR) is 106 cm³/mol. The van der Waals surface area contributed by atoms with Crippen LogP contribution in [-0.2, 0) is 16.1 Å². The van der Waals surface area contributed by atoms with Crippen LogP contribution in [0.2, 0.25) is 10.0 Å². The van der Waals surface area contributed by atoms with Gasteiger partial charge < -0.3 is 19.4 Å². The molecule has 2 rings (SSSR count). The van der Waals surface area contributed by atoms with Crippen LogP contribution in [-0.4, -0.2) is 30.8 Å². The molecular weight excluding hydrogens is 389 g/mol. The lowest BCUT2D eigenvalue weighted by molar-refractivity contribution is -0.118. The first-order valence-corrected chi connectivity index (χ1v) is 9.11. The number of carbonyl (C=O) groups is 1. The van der Waals surface area contributed by atoms with E-state index in [0.717, 1.165) is 17.7 Å². The van der Waals surface area contributed by atoms with E-state index in [1.165, 1.54) is 0 Å². The summed E-state index contributed by atoms with van der Waals surface area (Å²) in [7, 11) is 1.63. The molecule has 0 bridgehead atoms. The van der Waals surface area contributed by atoms with E-state index in [1.54, 1.807) is 25.3 Å². The number of methoxy groups -OCH3 is 1. The van der Waals surface area contributed by atoms with Gasteiger partial charge in [-0.2, -0.15) is 5.26 Å². The molecule has 0 saturated carbocycles. The maximum absolute atomic E-state index is 12.4. The Morgan fingerprint density at radius 2 is 2.07 bits per heavy atom. The number of ether oxygens (including phenoxy) is 2. The molecular formula is C19H21Cl2N3O3. The zero-order valence-corrected chi connectivity index (χ0v) is 16.9. The normalized spacial score (nSPS) is 10.5.